The normalized spacial score (nSPS) is 11.1. The minimum absolute atomic E-state index is 0.275. The van der Waals surface area contributed by atoms with E-state index in [9.17, 15) is 13.2 Å². The predicted molar refractivity (Wildman–Crippen MR) is 108 cm³/mol. The van der Waals surface area contributed by atoms with Crippen molar-refractivity contribution in [2.75, 3.05) is 30.8 Å². The number of carbonyl (C=O) groups excluding carboxylic acids is 1. The standard InChI is InChI=1S/C20H26N2O4S/c1-14-7-6-8-19(16(14)3)26-12-11-21-20(23)17-10-9-15(2)18(13-17)22(4)27(5,24)25/h6-10,13H,11-12H2,1-5H3,(H,21,23). The molecule has 0 aromatic heterocycles. The molecule has 0 atom stereocenters. The summed E-state index contributed by atoms with van der Waals surface area (Å²) in [6.07, 6.45) is 1.13. The van der Waals surface area contributed by atoms with Crippen LogP contribution in [0.15, 0.2) is 36.4 Å². The number of hydrogen-bond acceptors (Lipinski definition) is 4. The number of hydrogen-bond donors (Lipinski definition) is 1. The Hall–Kier alpha value is -2.54. The number of anilines is 1. The maximum absolute atomic E-state index is 12.4. The Morgan fingerprint density at radius 1 is 1.11 bits per heavy atom. The molecule has 0 aliphatic carbocycles. The molecule has 1 amide bonds. The fraction of sp³-hybridized carbons (Fsp3) is 0.350. The van der Waals surface area contributed by atoms with Gasteiger partial charge in [0.15, 0.2) is 0 Å². The molecule has 2 aromatic rings. The second-order valence-electron chi connectivity index (χ2n) is 6.53. The van der Waals surface area contributed by atoms with Crippen molar-refractivity contribution in [2.24, 2.45) is 0 Å². The van der Waals surface area contributed by atoms with Crippen molar-refractivity contribution in [3.63, 3.8) is 0 Å². The molecule has 0 heterocycles. The molecular weight excluding hydrogens is 364 g/mol. The summed E-state index contributed by atoms with van der Waals surface area (Å²) < 4.78 is 30.4. The zero-order valence-corrected chi connectivity index (χ0v) is 17.2. The van der Waals surface area contributed by atoms with E-state index in [2.05, 4.69) is 5.32 Å². The van der Waals surface area contributed by atoms with Crippen LogP contribution in [0.25, 0.3) is 0 Å². The molecule has 0 bridgehead atoms. The van der Waals surface area contributed by atoms with Crippen molar-refractivity contribution in [1.82, 2.24) is 5.32 Å². The van der Waals surface area contributed by atoms with Crippen molar-refractivity contribution in [3.8, 4) is 5.75 Å². The highest BCUT2D eigenvalue weighted by molar-refractivity contribution is 7.92. The van der Waals surface area contributed by atoms with Crippen LogP contribution < -0.4 is 14.4 Å². The molecule has 0 saturated carbocycles. The lowest BCUT2D eigenvalue weighted by atomic mass is 10.1. The summed E-state index contributed by atoms with van der Waals surface area (Å²) in [4.78, 5) is 12.4. The van der Waals surface area contributed by atoms with Crippen LogP contribution in [-0.4, -0.2) is 40.8 Å². The van der Waals surface area contributed by atoms with Crippen molar-refractivity contribution < 1.29 is 17.9 Å². The molecule has 0 aliphatic rings. The first-order chi connectivity index (χ1) is 12.6. The molecule has 146 valence electrons. The Morgan fingerprint density at radius 3 is 2.48 bits per heavy atom. The molecule has 2 aromatic carbocycles. The topological polar surface area (TPSA) is 75.7 Å². The lowest BCUT2D eigenvalue weighted by Crippen LogP contribution is -2.29. The van der Waals surface area contributed by atoms with Crippen molar-refractivity contribution in [2.45, 2.75) is 20.8 Å². The third-order valence-corrected chi connectivity index (χ3v) is 5.70. The average molecular weight is 391 g/mol. The van der Waals surface area contributed by atoms with E-state index in [0.29, 0.717) is 24.4 Å². The van der Waals surface area contributed by atoms with Crippen LogP contribution in [0.1, 0.15) is 27.0 Å². The molecule has 2 rings (SSSR count). The molecule has 7 heteroatoms. The maximum Gasteiger partial charge on any atom is 0.251 e. The van der Waals surface area contributed by atoms with E-state index >= 15 is 0 Å². The highest BCUT2D eigenvalue weighted by Gasteiger charge is 2.16. The van der Waals surface area contributed by atoms with Gasteiger partial charge in [-0.2, -0.15) is 0 Å². The smallest absolute Gasteiger partial charge is 0.251 e. The zero-order chi connectivity index (χ0) is 20.2. The number of amides is 1. The molecule has 1 N–H and O–H groups in total. The largest absolute Gasteiger partial charge is 0.491 e. The maximum atomic E-state index is 12.4. The van der Waals surface area contributed by atoms with Gasteiger partial charge in [0, 0.05) is 12.6 Å². The molecule has 6 nitrogen and oxygen atoms in total. The fourth-order valence-electron chi connectivity index (χ4n) is 2.58. The van der Waals surface area contributed by atoms with E-state index in [1.807, 2.05) is 32.0 Å². The van der Waals surface area contributed by atoms with Gasteiger partial charge >= 0.3 is 0 Å². The Labute approximate surface area is 161 Å². The summed E-state index contributed by atoms with van der Waals surface area (Å²) in [6, 6.07) is 10.8. The second kappa shape index (κ2) is 8.43. The second-order valence-corrected chi connectivity index (χ2v) is 8.55. The number of nitrogens with one attached hydrogen (secondary N) is 1. The Balaban J connectivity index is 1.99. The van der Waals surface area contributed by atoms with Gasteiger partial charge in [0.2, 0.25) is 10.0 Å². The monoisotopic (exact) mass is 390 g/mol. The van der Waals surface area contributed by atoms with Gasteiger partial charge in [0.05, 0.1) is 18.5 Å². The lowest BCUT2D eigenvalue weighted by molar-refractivity contribution is 0.0947. The minimum Gasteiger partial charge on any atom is -0.491 e. The first kappa shape index (κ1) is 20.8. The van der Waals surface area contributed by atoms with E-state index in [1.54, 1.807) is 25.1 Å². The van der Waals surface area contributed by atoms with Crippen LogP contribution in [0.4, 0.5) is 5.69 Å². The van der Waals surface area contributed by atoms with Crippen molar-refractivity contribution in [3.05, 3.63) is 58.7 Å². The number of nitrogens with zero attached hydrogens (tertiary/aromatic N) is 1. The van der Waals surface area contributed by atoms with E-state index in [0.717, 1.165) is 28.7 Å². The minimum atomic E-state index is -3.40. The number of ether oxygens (including phenoxy) is 1. The number of benzene rings is 2. The van der Waals surface area contributed by atoms with Crippen LogP contribution in [-0.2, 0) is 10.0 Å². The molecule has 0 saturated heterocycles. The fourth-order valence-corrected chi connectivity index (χ4v) is 3.13. The SMILES string of the molecule is Cc1ccc(C(=O)NCCOc2cccc(C)c2C)cc1N(C)S(C)(=O)=O. The van der Waals surface area contributed by atoms with E-state index in [-0.39, 0.29) is 5.91 Å². The summed E-state index contributed by atoms with van der Waals surface area (Å²) in [5, 5.41) is 2.80. The molecule has 27 heavy (non-hydrogen) atoms. The van der Waals surface area contributed by atoms with Crippen LogP contribution in [0.3, 0.4) is 0 Å². The molecule has 0 spiro atoms. The van der Waals surface area contributed by atoms with E-state index < -0.39 is 10.0 Å². The summed E-state index contributed by atoms with van der Waals surface area (Å²) in [6.45, 7) is 6.51. The first-order valence-electron chi connectivity index (χ1n) is 8.63. The van der Waals surface area contributed by atoms with Crippen LogP contribution >= 0.6 is 0 Å². The zero-order valence-electron chi connectivity index (χ0n) is 16.4. The van der Waals surface area contributed by atoms with Gasteiger partial charge in [-0.15, -0.1) is 0 Å². The van der Waals surface area contributed by atoms with Crippen molar-refractivity contribution >= 4 is 21.6 Å². The third kappa shape index (κ3) is 5.23. The summed E-state index contributed by atoms with van der Waals surface area (Å²) >= 11 is 0. The highest BCUT2D eigenvalue weighted by Crippen LogP contribution is 2.23. The van der Waals surface area contributed by atoms with Crippen LogP contribution in [0.2, 0.25) is 0 Å². The van der Waals surface area contributed by atoms with E-state index in [4.69, 9.17) is 4.74 Å². The number of sulfonamides is 1. The number of carbonyl (C=O) groups is 1. The van der Waals surface area contributed by atoms with Gasteiger partial charge in [0.25, 0.3) is 5.91 Å². The number of rotatable bonds is 7. The quantitative estimate of drug-likeness (QED) is 0.738. The van der Waals surface area contributed by atoms with Crippen LogP contribution in [0.5, 0.6) is 5.75 Å². The molecule has 0 unspecified atom stereocenters. The molecular formula is C20H26N2O4S. The first-order valence-corrected chi connectivity index (χ1v) is 10.5. The van der Waals surface area contributed by atoms with Crippen molar-refractivity contribution in [1.29, 1.82) is 0 Å². The van der Waals surface area contributed by atoms with Gasteiger partial charge in [-0.1, -0.05) is 18.2 Å². The molecule has 0 aliphatic heterocycles. The van der Waals surface area contributed by atoms with Gasteiger partial charge in [-0.3, -0.25) is 9.10 Å². The van der Waals surface area contributed by atoms with Gasteiger partial charge in [-0.05, 0) is 55.7 Å². The van der Waals surface area contributed by atoms with Gasteiger partial charge in [-0.25, -0.2) is 8.42 Å². The summed E-state index contributed by atoms with van der Waals surface area (Å²) in [5.74, 6) is 0.527. The summed E-state index contributed by atoms with van der Waals surface area (Å²) in [7, 11) is -1.93. The third-order valence-electron chi connectivity index (χ3n) is 4.51. The van der Waals surface area contributed by atoms with E-state index in [1.165, 1.54) is 11.4 Å². The van der Waals surface area contributed by atoms with Crippen LogP contribution in [0, 0.1) is 20.8 Å². The lowest BCUT2D eigenvalue weighted by Gasteiger charge is -2.19. The van der Waals surface area contributed by atoms with Gasteiger partial charge in [0.1, 0.15) is 12.4 Å². The highest BCUT2D eigenvalue weighted by atomic mass is 32.2. The number of aryl methyl sites for hydroxylation is 2. The van der Waals surface area contributed by atoms with Gasteiger partial charge < -0.3 is 10.1 Å². The molecule has 0 radical (unpaired) electrons. The predicted octanol–water partition coefficient (Wildman–Crippen LogP) is 2.82. The Kier molecular flexibility index (Phi) is 6.49. The average Bonchev–Trinajstić information content (AvgIpc) is 2.61. The molecule has 0 fully saturated rings. The summed E-state index contributed by atoms with van der Waals surface area (Å²) in [5.41, 5.74) is 3.89. The Morgan fingerprint density at radius 2 is 1.81 bits per heavy atom. The Bertz CT molecular complexity index is 939.